The molecule has 1 atom stereocenters. The predicted molar refractivity (Wildman–Crippen MR) is 74.0 cm³/mol. The molecule has 0 spiro atoms. The Bertz CT molecular complexity index is 336. The van der Waals surface area contributed by atoms with Crippen LogP contribution < -0.4 is 5.32 Å². The standard InChI is InChI=1S/C14H26N2O3/c1-10(2)11(3)16(4)13(19)15-9-14(12(17)18)7-5-6-8-14/h10-11H,5-9H2,1-4H3,(H,15,19)(H,17,18). The molecule has 110 valence electrons. The van der Waals surface area contributed by atoms with Crippen LogP contribution in [0.3, 0.4) is 0 Å². The third-order valence-corrected chi connectivity index (χ3v) is 4.49. The molecule has 5 nitrogen and oxygen atoms in total. The molecule has 0 aromatic heterocycles. The smallest absolute Gasteiger partial charge is 0.317 e. The average molecular weight is 270 g/mol. The van der Waals surface area contributed by atoms with Crippen molar-refractivity contribution in [1.82, 2.24) is 10.2 Å². The first kappa shape index (κ1) is 15.8. The summed E-state index contributed by atoms with van der Waals surface area (Å²) in [6.45, 7) is 6.34. The maximum absolute atomic E-state index is 12.0. The molecule has 1 aliphatic carbocycles. The van der Waals surface area contributed by atoms with Crippen molar-refractivity contribution >= 4 is 12.0 Å². The van der Waals surface area contributed by atoms with Gasteiger partial charge in [0.2, 0.25) is 0 Å². The predicted octanol–water partition coefficient (Wildman–Crippen LogP) is 2.32. The maximum Gasteiger partial charge on any atom is 0.317 e. The van der Waals surface area contributed by atoms with Crippen LogP contribution in [0.1, 0.15) is 46.5 Å². The topological polar surface area (TPSA) is 69.6 Å². The van der Waals surface area contributed by atoms with Crippen molar-refractivity contribution in [2.45, 2.75) is 52.5 Å². The summed E-state index contributed by atoms with van der Waals surface area (Å²) in [6.07, 6.45) is 3.18. The summed E-state index contributed by atoms with van der Waals surface area (Å²) < 4.78 is 0. The van der Waals surface area contributed by atoms with Gasteiger partial charge in [0.25, 0.3) is 0 Å². The number of carbonyl (C=O) groups excluding carboxylic acids is 1. The van der Waals surface area contributed by atoms with Crippen LogP contribution in [0.5, 0.6) is 0 Å². The largest absolute Gasteiger partial charge is 0.481 e. The number of hydrogen-bond acceptors (Lipinski definition) is 2. The quantitative estimate of drug-likeness (QED) is 0.805. The summed E-state index contributed by atoms with van der Waals surface area (Å²) in [6, 6.07) is -0.0573. The van der Waals surface area contributed by atoms with E-state index >= 15 is 0 Å². The number of carboxylic acids is 1. The van der Waals surface area contributed by atoms with Gasteiger partial charge >= 0.3 is 12.0 Å². The van der Waals surface area contributed by atoms with Crippen molar-refractivity contribution < 1.29 is 14.7 Å². The molecule has 1 unspecified atom stereocenters. The summed E-state index contributed by atoms with van der Waals surface area (Å²) in [5, 5.41) is 12.1. The van der Waals surface area contributed by atoms with E-state index in [9.17, 15) is 14.7 Å². The van der Waals surface area contributed by atoms with E-state index in [0.29, 0.717) is 18.8 Å². The Morgan fingerprint density at radius 3 is 2.21 bits per heavy atom. The van der Waals surface area contributed by atoms with Crippen LogP contribution in [-0.2, 0) is 4.79 Å². The molecule has 2 amide bonds. The van der Waals surface area contributed by atoms with Crippen molar-refractivity contribution in [3.05, 3.63) is 0 Å². The van der Waals surface area contributed by atoms with Gasteiger partial charge in [-0.1, -0.05) is 26.7 Å². The first-order chi connectivity index (χ1) is 8.80. The van der Waals surface area contributed by atoms with E-state index < -0.39 is 11.4 Å². The number of aliphatic carboxylic acids is 1. The number of hydrogen-bond donors (Lipinski definition) is 2. The fourth-order valence-corrected chi connectivity index (χ4v) is 2.52. The first-order valence-electron chi connectivity index (χ1n) is 7.04. The van der Waals surface area contributed by atoms with Gasteiger partial charge in [-0.3, -0.25) is 4.79 Å². The van der Waals surface area contributed by atoms with E-state index in [-0.39, 0.29) is 18.6 Å². The number of carbonyl (C=O) groups is 2. The van der Waals surface area contributed by atoms with Gasteiger partial charge in [0.1, 0.15) is 0 Å². The van der Waals surface area contributed by atoms with E-state index in [4.69, 9.17) is 0 Å². The highest BCUT2D eigenvalue weighted by Crippen LogP contribution is 2.37. The number of amides is 2. The van der Waals surface area contributed by atoms with Gasteiger partial charge in [0, 0.05) is 19.6 Å². The lowest BCUT2D eigenvalue weighted by Gasteiger charge is -2.30. The van der Waals surface area contributed by atoms with Crippen LogP contribution in [0.15, 0.2) is 0 Å². The molecule has 0 saturated heterocycles. The molecule has 1 aliphatic rings. The molecule has 0 heterocycles. The second kappa shape index (κ2) is 6.26. The minimum absolute atomic E-state index is 0.129. The Hall–Kier alpha value is -1.26. The van der Waals surface area contributed by atoms with E-state index in [0.717, 1.165) is 12.8 Å². The first-order valence-corrected chi connectivity index (χ1v) is 7.04. The lowest BCUT2D eigenvalue weighted by atomic mass is 9.86. The van der Waals surface area contributed by atoms with Gasteiger partial charge in [-0.15, -0.1) is 0 Å². The minimum Gasteiger partial charge on any atom is -0.481 e. The molecule has 1 saturated carbocycles. The van der Waals surface area contributed by atoms with Crippen LogP contribution in [0.25, 0.3) is 0 Å². The monoisotopic (exact) mass is 270 g/mol. The summed E-state index contributed by atoms with van der Waals surface area (Å²) in [4.78, 5) is 25.1. The lowest BCUT2D eigenvalue weighted by Crippen LogP contribution is -2.48. The highest BCUT2D eigenvalue weighted by atomic mass is 16.4. The molecule has 2 N–H and O–H groups in total. The van der Waals surface area contributed by atoms with Gasteiger partial charge in [0.15, 0.2) is 0 Å². The summed E-state index contributed by atoms with van der Waals surface area (Å²) >= 11 is 0. The Labute approximate surface area is 115 Å². The van der Waals surface area contributed by atoms with Gasteiger partial charge in [-0.05, 0) is 25.7 Å². The number of carboxylic acid groups (broad SMARTS) is 1. The number of rotatable bonds is 5. The molecule has 0 radical (unpaired) electrons. The normalized spacial score (nSPS) is 19.2. The third-order valence-electron chi connectivity index (χ3n) is 4.49. The van der Waals surface area contributed by atoms with Crippen molar-refractivity contribution in [2.24, 2.45) is 11.3 Å². The molecular formula is C14H26N2O3. The second-order valence-corrected chi connectivity index (χ2v) is 6.05. The zero-order valence-electron chi connectivity index (χ0n) is 12.4. The van der Waals surface area contributed by atoms with Crippen molar-refractivity contribution in [3.8, 4) is 0 Å². The fourth-order valence-electron chi connectivity index (χ4n) is 2.52. The van der Waals surface area contributed by atoms with Crippen molar-refractivity contribution in [1.29, 1.82) is 0 Å². The Morgan fingerprint density at radius 2 is 1.79 bits per heavy atom. The number of urea groups is 1. The fraction of sp³-hybridized carbons (Fsp3) is 0.857. The molecule has 5 heteroatoms. The third kappa shape index (κ3) is 3.61. The van der Waals surface area contributed by atoms with Crippen molar-refractivity contribution in [3.63, 3.8) is 0 Å². The van der Waals surface area contributed by atoms with Crippen LogP contribution in [-0.4, -0.2) is 41.6 Å². The van der Waals surface area contributed by atoms with Crippen LogP contribution in [0, 0.1) is 11.3 Å². The van der Waals surface area contributed by atoms with Gasteiger partial charge in [0.05, 0.1) is 5.41 Å². The van der Waals surface area contributed by atoms with E-state index in [1.165, 1.54) is 0 Å². The number of nitrogens with one attached hydrogen (secondary N) is 1. The molecule has 1 fully saturated rings. The van der Waals surface area contributed by atoms with Gasteiger partial charge in [-0.25, -0.2) is 4.79 Å². The maximum atomic E-state index is 12.0. The van der Waals surface area contributed by atoms with Gasteiger partial charge < -0.3 is 15.3 Å². The van der Waals surface area contributed by atoms with E-state index in [1.54, 1.807) is 11.9 Å². The SMILES string of the molecule is CC(C)C(C)N(C)C(=O)NCC1(C(=O)O)CCCC1. The summed E-state index contributed by atoms with van der Waals surface area (Å²) in [7, 11) is 1.75. The Kier molecular flexibility index (Phi) is 5.20. The minimum atomic E-state index is -0.787. The van der Waals surface area contributed by atoms with Crippen LogP contribution >= 0.6 is 0 Å². The molecule has 19 heavy (non-hydrogen) atoms. The molecule has 0 aromatic rings. The van der Waals surface area contributed by atoms with Gasteiger partial charge in [-0.2, -0.15) is 0 Å². The zero-order chi connectivity index (χ0) is 14.6. The highest BCUT2D eigenvalue weighted by Gasteiger charge is 2.41. The summed E-state index contributed by atoms with van der Waals surface area (Å²) in [5.74, 6) is -0.416. The Morgan fingerprint density at radius 1 is 1.26 bits per heavy atom. The molecule has 0 aromatic carbocycles. The lowest BCUT2D eigenvalue weighted by molar-refractivity contribution is -0.148. The van der Waals surface area contributed by atoms with E-state index in [2.05, 4.69) is 19.2 Å². The molecule has 0 bridgehead atoms. The highest BCUT2D eigenvalue weighted by molar-refractivity contribution is 5.78. The number of nitrogens with zero attached hydrogens (tertiary/aromatic N) is 1. The van der Waals surface area contributed by atoms with E-state index in [1.807, 2.05) is 6.92 Å². The molecule has 0 aliphatic heterocycles. The van der Waals surface area contributed by atoms with Crippen molar-refractivity contribution in [2.75, 3.05) is 13.6 Å². The second-order valence-electron chi connectivity index (χ2n) is 6.05. The molecule has 1 rings (SSSR count). The zero-order valence-corrected chi connectivity index (χ0v) is 12.4. The molecular weight excluding hydrogens is 244 g/mol. The Balaban J connectivity index is 2.55. The average Bonchev–Trinajstić information content (AvgIpc) is 2.84. The summed E-state index contributed by atoms with van der Waals surface area (Å²) in [5.41, 5.74) is -0.752. The van der Waals surface area contributed by atoms with Crippen LogP contribution in [0.4, 0.5) is 4.79 Å². The van der Waals surface area contributed by atoms with Crippen LogP contribution in [0.2, 0.25) is 0 Å².